The van der Waals surface area contributed by atoms with E-state index in [4.69, 9.17) is 4.74 Å². The van der Waals surface area contributed by atoms with Crippen molar-refractivity contribution in [2.24, 2.45) is 5.92 Å². The quantitative estimate of drug-likeness (QED) is 0.644. The molecule has 0 atom stereocenters. The van der Waals surface area contributed by atoms with Gasteiger partial charge in [-0.1, -0.05) is 48.5 Å². The van der Waals surface area contributed by atoms with Crippen LogP contribution in [-0.4, -0.2) is 53.2 Å². The van der Waals surface area contributed by atoms with Gasteiger partial charge in [-0.15, -0.1) is 0 Å². The van der Waals surface area contributed by atoms with Gasteiger partial charge in [0.2, 0.25) is 5.91 Å². The van der Waals surface area contributed by atoms with Crippen LogP contribution in [0.4, 0.5) is 4.79 Å². The number of carbonyl (C=O) groups is 3. The molecule has 2 fully saturated rings. The van der Waals surface area contributed by atoms with E-state index in [1.165, 1.54) is 27.2 Å². The van der Waals surface area contributed by atoms with E-state index in [1.54, 1.807) is 7.05 Å². The zero-order valence-corrected chi connectivity index (χ0v) is 19.3. The summed E-state index contributed by atoms with van der Waals surface area (Å²) < 4.78 is 5.60. The van der Waals surface area contributed by atoms with Crippen LogP contribution in [0, 0.1) is 5.92 Å². The van der Waals surface area contributed by atoms with E-state index in [9.17, 15) is 19.5 Å². The summed E-state index contributed by atoms with van der Waals surface area (Å²) in [6.45, 7) is 0.274. The SMILES string of the molecule is CN(C(=O)CC1CC(NC(=O)OCC2c3ccccc3-c3ccccc32)C1)C1(C(=O)O)CCC1. The van der Waals surface area contributed by atoms with Gasteiger partial charge in [0.05, 0.1) is 0 Å². The normalized spacial score (nSPS) is 21.9. The number of nitrogens with one attached hydrogen (secondary N) is 1. The van der Waals surface area contributed by atoms with Crippen molar-refractivity contribution in [1.82, 2.24) is 10.2 Å². The molecule has 2 saturated carbocycles. The molecule has 2 N–H and O–H groups in total. The van der Waals surface area contributed by atoms with Crippen LogP contribution in [0.3, 0.4) is 0 Å². The molecule has 178 valence electrons. The highest BCUT2D eigenvalue weighted by Crippen LogP contribution is 2.44. The molecule has 3 aliphatic carbocycles. The summed E-state index contributed by atoms with van der Waals surface area (Å²) in [5, 5.41) is 12.4. The van der Waals surface area contributed by atoms with Crippen LogP contribution in [-0.2, 0) is 14.3 Å². The van der Waals surface area contributed by atoms with Gasteiger partial charge in [0, 0.05) is 25.4 Å². The molecule has 0 aliphatic heterocycles. The fourth-order valence-corrected chi connectivity index (χ4v) is 5.65. The highest BCUT2D eigenvalue weighted by Gasteiger charge is 2.50. The number of ether oxygens (including phenoxy) is 1. The summed E-state index contributed by atoms with van der Waals surface area (Å²) in [6.07, 6.45) is 3.14. The molecule has 0 radical (unpaired) electrons. The number of carbonyl (C=O) groups excluding carboxylic acids is 2. The van der Waals surface area contributed by atoms with Crippen LogP contribution in [0.25, 0.3) is 11.1 Å². The van der Waals surface area contributed by atoms with Crippen LogP contribution < -0.4 is 5.32 Å². The lowest BCUT2D eigenvalue weighted by Gasteiger charge is -2.46. The minimum atomic E-state index is -1.03. The molecule has 2 aromatic carbocycles. The van der Waals surface area contributed by atoms with Crippen molar-refractivity contribution in [3.63, 3.8) is 0 Å². The zero-order valence-electron chi connectivity index (χ0n) is 19.3. The first-order chi connectivity index (χ1) is 16.4. The summed E-state index contributed by atoms with van der Waals surface area (Å²) in [6, 6.07) is 16.4. The molecule has 3 aliphatic rings. The molecule has 0 bridgehead atoms. The number of nitrogens with zero attached hydrogens (tertiary/aromatic N) is 1. The minimum Gasteiger partial charge on any atom is -0.479 e. The van der Waals surface area contributed by atoms with Crippen molar-refractivity contribution in [1.29, 1.82) is 0 Å². The Labute approximate surface area is 199 Å². The van der Waals surface area contributed by atoms with Crippen LogP contribution in [0.2, 0.25) is 0 Å². The Morgan fingerprint density at radius 2 is 1.62 bits per heavy atom. The second-order valence-electron chi connectivity index (χ2n) is 9.85. The number of aliphatic carboxylic acids is 1. The van der Waals surface area contributed by atoms with Crippen molar-refractivity contribution in [2.75, 3.05) is 13.7 Å². The van der Waals surface area contributed by atoms with E-state index in [1.807, 2.05) is 24.3 Å². The number of hydrogen-bond acceptors (Lipinski definition) is 4. The fraction of sp³-hybridized carbons (Fsp3) is 0.444. The molecule has 0 saturated heterocycles. The molecule has 0 aromatic heterocycles. The van der Waals surface area contributed by atoms with Gasteiger partial charge < -0.3 is 20.1 Å². The Morgan fingerprint density at radius 1 is 1.03 bits per heavy atom. The van der Waals surface area contributed by atoms with E-state index in [-0.39, 0.29) is 30.4 Å². The number of amides is 2. The number of rotatable bonds is 7. The monoisotopic (exact) mass is 462 g/mol. The Bertz CT molecular complexity index is 1070. The van der Waals surface area contributed by atoms with Gasteiger partial charge >= 0.3 is 12.1 Å². The molecular weight excluding hydrogens is 432 g/mol. The summed E-state index contributed by atoms with van der Waals surface area (Å²) in [5.74, 6) is -0.877. The average Bonchev–Trinajstić information content (AvgIpc) is 3.09. The van der Waals surface area contributed by atoms with E-state index in [0.717, 1.165) is 6.42 Å². The zero-order chi connectivity index (χ0) is 23.9. The van der Waals surface area contributed by atoms with E-state index >= 15 is 0 Å². The van der Waals surface area contributed by atoms with Crippen LogP contribution in [0.15, 0.2) is 48.5 Å². The lowest BCUT2D eigenvalue weighted by molar-refractivity contribution is -0.164. The highest BCUT2D eigenvalue weighted by molar-refractivity contribution is 5.88. The molecule has 2 aromatic rings. The third-order valence-corrected chi connectivity index (χ3v) is 7.96. The highest BCUT2D eigenvalue weighted by atomic mass is 16.5. The number of benzene rings is 2. The number of likely N-dealkylation sites (N-methyl/N-ethyl adjacent to an activating group) is 1. The molecule has 0 unspecified atom stereocenters. The van der Waals surface area contributed by atoms with Gasteiger partial charge in [0.15, 0.2) is 0 Å². The standard InChI is InChI=1S/C27H30N2O5/c1-29(27(25(31)32)11-6-12-27)24(30)15-17-13-18(14-17)28-26(33)34-16-23-21-9-4-2-7-19(21)20-8-3-5-10-22(20)23/h2-5,7-10,17-18,23H,6,11-16H2,1H3,(H,28,33)(H,31,32). The minimum absolute atomic E-state index is 0.0177. The average molecular weight is 463 g/mol. The van der Waals surface area contributed by atoms with Crippen molar-refractivity contribution >= 4 is 18.0 Å². The van der Waals surface area contributed by atoms with Crippen molar-refractivity contribution < 1.29 is 24.2 Å². The lowest BCUT2D eigenvalue weighted by Crippen LogP contribution is -2.60. The lowest BCUT2D eigenvalue weighted by atomic mass is 9.74. The predicted octanol–water partition coefficient (Wildman–Crippen LogP) is 4.16. The molecule has 0 heterocycles. The number of hydrogen-bond donors (Lipinski definition) is 2. The van der Waals surface area contributed by atoms with Crippen LogP contribution in [0.5, 0.6) is 0 Å². The number of carboxylic acids is 1. The van der Waals surface area contributed by atoms with Crippen molar-refractivity contribution in [3.05, 3.63) is 59.7 Å². The molecule has 5 rings (SSSR count). The maximum atomic E-state index is 12.6. The Balaban J connectivity index is 1.09. The molecule has 34 heavy (non-hydrogen) atoms. The van der Waals surface area contributed by atoms with Gasteiger partial charge in [-0.05, 0) is 60.3 Å². The molecule has 7 nitrogen and oxygen atoms in total. The first-order valence-electron chi connectivity index (χ1n) is 12.0. The number of alkyl carbamates (subject to hydrolysis) is 1. The van der Waals surface area contributed by atoms with Gasteiger partial charge in [0.1, 0.15) is 12.1 Å². The maximum Gasteiger partial charge on any atom is 0.407 e. The van der Waals surface area contributed by atoms with E-state index < -0.39 is 17.6 Å². The first-order valence-corrected chi connectivity index (χ1v) is 12.0. The first kappa shape index (κ1) is 22.4. The smallest absolute Gasteiger partial charge is 0.407 e. The fourth-order valence-electron chi connectivity index (χ4n) is 5.65. The van der Waals surface area contributed by atoms with E-state index in [0.29, 0.717) is 32.1 Å². The van der Waals surface area contributed by atoms with Crippen LogP contribution >= 0.6 is 0 Å². The molecular formula is C27H30N2O5. The molecule has 0 spiro atoms. The summed E-state index contributed by atoms with van der Waals surface area (Å²) in [5.41, 5.74) is 3.70. The predicted molar refractivity (Wildman–Crippen MR) is 126 cm³/mol. The van der Waals surface area contributed by atoms with Crippen LogP contribution in [0.1, 0.15) is 55.6 Å². The maximum absolute atomic E-state index is 12.6. The number of fused-ring (bicyclic) bond motifs is 3. The van der Waals surface area contributed by atoms with Gasteiger partial charge in [-0.2, -0.15) is 0 Å². The second kappa shape index (κ2) is 8.78. The number of carboxylic acid groups (broad SMARTS) is 1. The molecule has 2 amide bonds. The summed E-state index contributed by atoms with van der Waals surface area (Å²) >= 11 is 0. The summed E-state index contributed by atoms with van der Waals surface area (Å²) in [4.78, 5) is 38.1. The van der Waals surface area contributed by atoms with Crippen molar-refractivity contribution in [2.45, 2.75) is 56.0 Å². The largest absolute Gasteiger partial charge is 0.479 e. The van der Waals surface area contributed by atoms with Gasteiger partial charge in [-0.3, -0.25) is 4.79 Å². The third-order valence-electron chi connectivity index (χ3n) is 7.96. The topological polar surface area (TPSA) is 95.9 Å². The Hall–Kier alpha value is -3.35. The Morgan fingerprint density at radius 3 is 2.15 bits per heavy atom. The van der Waals surface area contributed by atoms with Gasteiger partial charge in [-0.25, -0.2) is 9.59 Å². The van der Waals surface area contributed by atoms with E-state index in [2.05, 4.69) is 29.6 Å². The molecule has 7 heteroatoms. The third kappa shape index (κ3) is 3.83. The second-order valence-corrected chi connectivity index (χ2v) is 9.85. The van der Waals surface area contributed by atoms with Crippen molar-refractivity contribution in [3.8, 4) is 11.1 Å². The summed E-state index contributed by atoms with van der Waals surface area (Å²) in [7, 11) is 1.60. The van der Waals surface area contributed by atoms with Gasteiger partial charge in [0.25, 0.3) is 0 Å². The Kier molecular flexibility index (Phi) is 5.80.